The number of aliphatic hydroxyl groups is 2. The van der Waals surface area contributed by atoms with E-state index in [1.807, 2.05) is 0 Å². The van der Waals surface area contributed by atoms with Gasteiger partial charge in [-0.15, -0.1) is 0 Å². The topological polar surface area (TPSA) is 87.5 Å². The maximum Gasteiger partial charge on any atom is 0.429 e. The molecule has 0 radical (unpaired) electrons. The molecular formula is C10H9F5N2O4S. The summed E-state index contributed by atoms with van der Waals surface area (Å²) in [5.41, 5.74) is -5.79. The molecule has 1 aromatic heterocycles. The monoisotopic (exact) mass is 348 g/mol. The van der Waals surface area contributed by atoms with Crippen LogP contribution in [0.3, 0.4) is 0 Å². The first kappa shape index (κ1) is 17.0. The number of ether oxygens (including phenoxy) is 1. The molecule has 1 unspecified atom stereocenters. The van der Waals surface area contributed by atoms with Crippen LogP contribution in [-0.2, 0) is 4.74 Å². The molecule has 1 fully saturated rings. The molecule has 2 heterocycles. The lowest BCUT2D eigenvalue weighted by molar-refractivity contribution is -0.274. The van der Waals surface area contributed by atoms with Crippen LogP contribution in [0.25, 0.3) is 0 Å². The first-order chi connectivity index (χ1) is 10.0. The van der Waals surface area contributed by atoms with E-state index in [-0.39, 0.29) is 10.8 Å². The summed E-state index contributed by atoms with van der Waals surface area (Å²) < 4.78 is 70.7. The van der Waals surface area contributed by atoms with Gasteiger partial charge in [0, 0.05) is 0 Å². The second kappa shape index (κ2) is 5.37. The fraction of sp³-hybridized carbons (Fsp3) is 0.600. The van der Waals surface area contributed by atoms with Gasteiger partial charge in [0.25, 0.3) is 5.67 Å². The van der Waals surface area contributed by atoms with Gasteiger partial charge in [0.2, 0.25) is 0 Å². The summed E-state index contributed by atoms with van der Waals surface area (Å²) in [5, 5.41) is 18.3. The fourth-order valence-corrected chi connectivity index (χ4v) is 2.25. The molecule has 1 aromatic rings. The Morgan fingerprint density at radius 2 is 2.09 bits per heavy atom. The second-order valence-electron chi connectivity index (χ2n) is 4.56. The third-order valence-electron chi connectivity index (χ3n) is 3.24. The van der Waals surface area contributed by atoms with Crippen LogP contribution in [-0.4, -0.2) is 50.4 Å². The Morgan fingerprint density at radius 3 is 2.59 bits per heavy atom. The van der Waals surface area contributed by atoms with Crippen molar-refractivity contribution in [3.8, 4) is 0 Å². The van der Waals surface area contributed by atoms with Crippen LogP contribution in [0.2, 0.25) is 0 Å². The highest BCUT2D eigenvalue weighted by molar-refractivity contribution is 7.71. The highest BCUT2D eigenvalue weighted by Crippen LogP contribution is 2.50. The maximum absolute atomic E-state index is 14.5. The van der Waals surface area contributed by atoms with Crippen LogP contribution < -0.4 is 5.69 Å². The quantitative estimate of drug-likeness (QED) is 0.537. The second-order valence-corrected chi connectivity index (χ2v) is 4.97. The van der Waals surface area contributed by atoms with E-state index in [4.69, 9.17) is 5.11 Å². The molecule has 124 valence electrons. The van der Waals surface area contributed by atoms with Crippen molar-refractivity contribution >= 4 is 12.2 Å². The largest absolute Gasteiger partial charge is 0.429 e. The zero-order chi connectivity index (χ0) is 16.9. The lowest BCUT2D eigenvalue weighted by Gasteiger charge is -2.30. The van der Waals surface area contributed by atoms with Gasteiger partial charge >= 0.3 is 11.9 Å². The van der Waals surface area contributed by atoms with Crippen molar-refractivity contribution in [2.75, 3.05) is 6.61 Å². The van der Waals surface area contributed by atoms with Gasteiger partial charge in [0.05, 0.1) is 12.8 Å². The average molecular weight is 348 g/mol. The molecule has 0 bridgehead atoms. The van der Waals surface area contributed by atoms with Crippen LogP contribution in [0, 0.1) is 10.5 Å². The van der Waals surface area contributed by atoms with Gasteiger partial charge in [-0.3, -0.25) is 9.55 Å². The predicted molar refractivity (Wildman–Crippen MR) is 62.7 cm³/mol. The Kier molecular flexibility index (Phi) is 4.14. The van der Waals surface area contributed by atoms with Crippen molar-refractivity contribution in [1.29, 1.82) is 0 Å². The normalized spacial score (nSPS) is 32.4. The number of nitrogens with one attached hydrogen (secondary N) is 1. The van der Waals surface area contributed by atoms with Crippen molar-refractivity contribution in [2.45, 2.75) is 30.3 Å². The number of hydrogen-bond donors (Lipinski definition) is 3. The van der Waals surface area contributed by atoms with Crippen molar-refractivity contribution in [3.05, 3.63) is 27.1 Å². The molecule has 1 saturated heterocycles. The number of hydrogen-bond acceptors (Lipinski definition) is 5. The number of rotatable bonds is 2. The number of halogens is 5. The number of nitrogens with zero attached hydrogens (tertiary/aromatic N) is 1. The van der Waals surface area contributed by atoms with Crippen LogP contribution in [0.15, 0.2) is 11.0 Å². The first-order valence-corrected chi connectivity index (χ1v) is 6.15. The Bertz CT molecular complexity index is 689. The molecule has 3 N–H and O–H groups in total. The fourth-order valence-electron chi connectivity index (χ4n) is 2.11. The van der Waals surface area contributed by atoms with Crippen molar-refractivity contribution < 1.29 is 36.9 Å². The molecule has 4 atom stereocenters. The standard InChI is InChI=1S/C10H9F5N2O4S/c11-3-1-17(8(20)16-6(3)22)7-9(12,10(13,14)15)5(19)4(2-18)21-7/h1,4-5,7,18-19H,2H2,(H,16,20,22)/t4-,5?,7-,9-/m1/s1. The summed E-state index contributed by atoms with van der Waals surface area (Å²) in [6.45, 7) is -1.14. The average Bonchev–Trinajstić information content (AvgIpc) is 2.67. The first-order valence-electron chi connectivity index (χ1n) is 5.75. The summed E-state index contributed by atoms with van der Waals surface area (Å²) in [7, 11) is 0. The van der Waals surface area contributed by atoms with Gasteiger partial charge in [0.1, 0.15) is 16.8 Å². The minimum atomic E-state index is -5.65. The third kappa shape index (κ3) is 2.35. The molecular weight excluding hydrogens is 339 g/mol. The predicted octanol–water partition coefficient (Wildman–Crippen LogP) is 0.566. The van der Waals surface area contributed by atoms with E-state index in [9.17, 15) is 31.9 Å². The zero-order valence-electron chi connectivity index (χ0n) is 10.5. The number of aromatic nitrogens is 2. The van der Waals surface area contributed by atoms with Crippen molar-refractivity contribution in [1.82, 2.24) is 9.55 Å². The van der Waals surface area contributed by atoms with Crippen LogP contribution in [0.5, 0.6) is 0 Å². The Labute approximate surface area is 123 Å². The van der Waals surface area contributed by atoms with Gasteiger partial charge in [0.15, 0.2) is 12.0 Å². The van der Waals surface area contributed by atoms with E-state index in [0.29, 0.717) is 0 Å². The van der Waals surface area contributed by atoms with E-state index >= 15 is 0 Å². The summed E-state index contributed by atoms with van der Waals surface area (Å²) in [4.78, 5) is 13.3. The molecule has 6 nitrogen and oxygen atoms in total. The highest BCUT2D eigenvalue weighted by atomic mass is 32.1. The molecule has 1 aliphatic rings. The van der Waals surface area contributed by atoms with E-state index in [1.165, 1.54) is 0 Å². The zero-order valence-corrected chi connectivity index (χ0v) is 11.3. The van der Waals surface area contributed by atoms with Gasteiger partial charge in [-0.25, -0.2) is 13.6 Å². The van der Waals surface area contributed by atoms with Crippen LogP contribution in [0.4, 0.5) is 22.0 Å². The maximum atomic E-state index is 14.5. The minimum Gasteiger partial charge on any atom is -0.394 e. The Morgan fingerprint density at radius 1 is 1.50 bits per heavy atom. The smallest absolute Gasteiger partial charge is 0.394 e. The number of H-pyrrole nitrogens is 1. The molecule has 0 aromatic carbocycles. The lowest BCUT2D eigenvalue weighted by Crippen LogP contribution is -2.55. The van der Waals surface area contributed by atoms with Crippen LogP contribution >= 0.6 is 12.2 Å². The number of alkyl halides is 4. The Balaban J connectivity index is 2.65. The summed E-state index contributed by atoms with van der Waals surface area (Å²) in [6.07, 6.45) is -12.9. The van der Waals surface area contributed by atoms with Crippen molar-refractivity contribution in [3.63, 3.8) is 0 Å². The van der Waals surface area contributed by atoms with E-state index < -0.39 is 53.0 Å². The SMILES string of the molecule is O=c1[nH]c(=S)c(F)cn1[C@@H]1O[C@H](CO)C(O)[C@]1(F)C(F)(F)F. The van der Waals surface area contributed by atoms with E-state index in [2.05, 4.69) is 17.0 Å². The van der Waals surface area contributed by atoms with Gasteiger partial charge in [-0.2, -0.15) is 13.2 Å². The van der Waals surface area contributed by atoms with Gasteiger partial charge in [-0.05, 0) is 0 Å². The molecule has 0 amide bonds. The van der Waals surface area contributed by atoms with Gasteiger partial charge < -0.3 is 14.9 Å². The third-order valence-corrected chi connectivity index (χ3v) is 3.53. The number of aromatic amines is 1. The lowest BCUT2D eigenvalue weighted by atomic mass is 9.95. The molecule has 1 aliphatic heterocycles. The minimum absolute atomic E-state index is 0.0441. The Hall–Kier alpha value is -1.37. The summed E-state index contributed by atoms with van der Waals surface area (Å²) in [6, 6.07) is 0. The molecule has 12 heteroatoms. The summed E-state index contributed by atoms with van der Waals surface area (Å²) in [5.74, 6) is -1.29. The van der Waals surface area contributed by atoms with E-state index in [0.717, 1.165) is 0 Å². The van der Waals surface area contributed by atoms with Gasteiger partial charge in [-0.1, -0.05) is 12.2 Å². The molecule has 22 heavy (non-hydrogen) atoms. The number of aliphatic hydroxyl groups excluding tert-OH is 2. The molecule has 0 spiro atoms. The molecule has 0 saturated carbocycles. The summed E-state index contributed by atoms with van der Waals surface area (Å²) >= 11 is 4.38. The highest BCUT2D eigenvalue weighted by Gasteiger charge is 2.72. The molecule has 2 rings (SSSR count). The molecule has 0 aliphatic carbocycles. The van der Waals surface area contributed by atoms with Crippen molar-refractivity contribution in [2.24, 2.45) is 0 Å². The van der Waals surface area contributed by atoms with E-state index in [1.54, 1.807) is 4.98 Å². The van der Waals surface area contributed by atoms with Crippen LogP contribution in [0.1, 0.15) is 6.23 Å².